The Balaban J connectivity index is 2.02. The highest BCUT2D eigenvalue weighted by atomic mass is 32.1. The first-order chi connectivity index (χ1) is 13.2. The number of piperidine rings is 1. The summed E-state index contributed by atoms with van der Waals surface area (Å²) in [7, 11) is 0. The molecule has 0 spiro atoms. The van der Waals surface area contributed by atoms with E-state index < -0.39 is 12.1 Å². The summed E-state index contributed by atoms with van der Waals surface area (Å²) in [6.07, 6.45) is 5.68. The standard InChI is InChI=1S/C22H29NO4S/c1-22(2,3)12-11-15-13-17(19(28-15)21(26)27)23-16(9-10-18(24)20(23)25)14-7-5-4-6-8-14/h13-14,16,18,24H,4-10H2,1-3H3,(H,26,27)/t16?,18-/m0/s1. The highest BCUT2D eigenvalue weighted by Gasteiger charge is 2.41. The number of aliphatic hydroxyl groups is 1. The molecule has 152 valence electrons. The van der Waals surface area contributed by atoms with Gasteiger partial charge >= 0.3 is 5.97 Å². The van der Waals surface area contributed by atoms with E-state index in [0.29, 0.717) is 29.3 Å². The van der Waals surface area contributed by atoms with Gasteiger partial charge in [-0.1, -0.05) is 31.1 Å². The Labute approximate surface area is 170 Å². The number of carboxylic acids is 1. The average Bonchev–Trinajstić information content (AvgIpc) is 3.06. The Morgan fingerprint density at radius 1 is 1.18 bits per heavy atom. The van der Waals surface area contributed by atoms with Crippen molar-refractivity contribution in [1.82, 2.24) is 0 Å². The normalized spacial score (nSPS) is 24.0. The number of carboxylic acid groups (broad SMARTS) is 1. The molecule has 0 radical (unpaired) electrons. The van der Waals surface area contributed by atoms with Crippen LogP contribution in [0.5, 0.6) is 0 Å². The van der Waals surface area contributed by atoms with Crippen molar-refractivity contribution in [2.45, 2.75) is 77.9 Å². The van der Waals surface area contributed by atoms with E-state index in [1.54, 1.807) is 11.0 Å². The topological polar surface area (TPSA) is 77.8 Å². The molecule has 1 aromatic heterocycles. The van der Waals surface area contributed by atoms with Gasteiger partial charge in [0.25, 0.3) is 5.91 Å². The van der Waals surface area contributed by atoms with Crippen LogP contribution in [0.25, 0.3) is 0 Å². The molecule has 28 heavy (non-hydrogen) atoms. The summed E-state index contributed by atoms with van der Waals surface area (Å²) in [5.74, 6) is 5.12. The van der Waals surface area contributed by atoms with Gasteiger partial charge in [-0.3, -0.25) is 4.79 Å². The van der Waals surface area contributed by atoms with E-state index in [1.165, 1.54) is 6.42 Å². The molecular weight excluding hydrogens is 374 g/mol. The van der Waals surface area contributed by atoms with Crippen LogP contribution in [0.15, 0.2) is 6.07 Å². The summed E-state index contributed by atoms with van der Waals surface area (Å²) in [5, 5.41) is 20.0. The Bertz CT molecular complexity index is 805. The molecule has 1 aliphatic carbocycles. The Hall–Kier alpha value is -1.84. The second-order valence-corrected chi connectivity index (χ2v) is 9.95. The first-order valence-electron chi connectivity index (χ1n) is 10.1. The van der Waals surface area contributed by atoms with Crippen LogP contribution in [0, 0.1) is 23.2 Å². The first-order valence-corrected chi connectivity index (χ1v) is 10.9. The van der Waals surface area contributed by atoms with Gasteiger partial charge in [0, 0.05) is 11.5 Å². The second kappa shape index (κ2) is 8.26. The SMILES string of the molecule is CC(C)(C)C#Cc1cc(N2C(=O)[C@@H](O)CCC2C2CCCCC2)c(C(=O)O)s1. The van der Waals surface area contributed by atoms with Gasteiger partial charge in [-0.15, -0.1) is 11.3 Å². The van der Waals surface area contributed by atoms with Crippen molar-refractivity contribution < 1.29 is 19.8 Å². The number of carbonyl (C=O) groups excluding carboxylic acids is 1. The molecule has 3 rings (SSSR count). The molecule has 0 aromatic carbocycles. The van der Waals surface area contributed by atoms with Crippen LogP contribution in [-0.4, -0.2) is 34.2 Å². The second-order valence-electron chi connectivity index (χ2n) is 8.90. The summed E-state index contributed by atoms with van der Waals surface area (Å²) < 4.78 is 0. The Morgan fingerprint density at radius 3 is 2.46 bits per heavy atom. The highest BCUT2D eigenvalue weighted by Crippen LogP contribution is 2.40. The van der Waals surface area contributed by atoms with E-state index >= 15 is 0 Å². The number of hydrogen-bond donors (Lipinski definition) is 2. The zero-order valence-corrected chi connectivity index (χ0v) is 17.6. The van der Waals surface area contributed by atoms with Crippen molar-refractivity contribution in [2.75, 3.05) is 4.90 Å². The largest absolute Gasteiger partial charge is 0.477 e. The van der Waals surface area contributed by atoms with Gasteiger partial charge < -0.3 is 15.1 Å². The molecule has 2 atom stereocenters. The van der Waals surface area contributed by atoms with Gasteiger partial charge in [0.1, 0.15) is 11.0 Å². The van der Waals surface area contributed by atoms with Gasteiger partial charge in [-0.2, -0.15) is 0 Å². The van der Waals surface area contributed by atoms with Crippen LogP contribution in [-0.2, 0) is 4.79 Å². The zero-order chi connectivity index (χ0) is 20.5. The summed E-state index contributed by atoms with van der Waals surface area (Å²) in [6, 6.07) is 1.67. The van der Waals surface area contributed by atoms with E-state index in [4.69, 9.17) is 0 Å². The lowest BCUT2D eigenvalue weighted by Crippen LogP contribution is -2.54. The molecule has 2 N–H and O–H groups in total. The number of nitrogens with zero attached hydrogens (tertiary/aromatic N) is 1. The number of anilines is 1. The molecule has 6 heteroatoms. The van der Waals surface area contributed by atoms with Gasteiger partial charge in [0.05, 0.1) is 10.6 Å². The minimum Gasteiger partial charge on any atom is -0.477 e. The minimum atomic E-state index is -1.06. The number of aromatic carboxylic acids is 1. The number of carbonyl (C=O) groups is 2. The smallest absolute Gasteiger partial charge is 0.348 e. The molecule has 1 unspecified atom stereocenters. The number of hydrogen-bond acceptors (Lipinski definition) is 4. The van der Waals surface area contributed by atoms with Crippen molar-refractivity contribution in [3.63, 3.8) is 0 Å². The summed E-state index contributed by atoms with van der Waals surface area (Å²) in [6.45, 7) is 5.99. The monoisotopic (exact) mass is 403 g/mol. The zero-order valence-electron chi connectivity index (χ0n) is 16.8. The lowest BCUT2D eigenvalue weighted by Gasteiger charge is -2.43. The number of aliphatic hydroxyl groups excluding tert-OH is 1. The summed E-state index contributed by atoms with van der Waals surface area (Å²) >= 11 is 1.11. The van der Waals surface area contributed by atoms with Crippen LogP contribution in [0.1, 0.15) is 80.3 Å². The van der Waals surface area contributed by atoms with Crippen LogP contribution in [0.3, 0.4) is 0 Å². The average molecular weight is 404 g/mol. The lowest BCUT2D eigenvalue weighted by atomic mass is 9.79. The minimum absolute atomic E-state index is 0.0488. The molecule has 1 saturated heterocycles. The molecule has 1 saturated carbocycles. The number of thiophene rings is 1. The first kappa shape index (κ1) is 20.9. The van der Waals surface area contributed by atoms with E-state index in [9.17, 15) is 19.8 Å². The maximum Gasteiger partial charge on any atom is 0.348 e. The van der Waals surface area contributed by atoms with Crippen molar-refractivity contribution in [1.29, 1.82) is 0 Å². The molecule has 5 nitrogen and oxygen atoms in total. The van der Waals surface area contributed by atoms with E-state index in [1.807, 2.05) is 20.8 Å². The molecule has 2 aliphatic rings. The summed E-state index contributed by atoms with van der Waals surface area (Å²) in [4.78, 5) is 27.2. The third-order valence-electron chi connectivity index (χ3n) is 5.51. The molecule has 0 bridgehead atoms. The van der Waals surface area contributed by atoms with E-state index in [-0.39, 0.29) is 22.2 Å². The third kappa shape index (κ3) is 4.59. The third-order valence-corrected chi connectivity index (χ3v) is 6.54. The van der Waals surface area contributed by atoms with Crippen LogP contribution < -0.4 is 4.90 Å². The van der Waals surface area contributed by atoms with Crippen LogP contribution >= 0.6 is 11.3 Å². The van der Waals surface area contributed by atoms with Crippen molar-refractivity contribution in [3.05, 3.63) is 15.8 Å². The highest BCUT2D eigenvalue weighted by molar-refractivity contribution is 7.15. The fourth-order valence-corrected chi connectivity index (χ4v) is 5.03. The maximum absolute atomic E-state index is 12.9. The van der Waals surface area contributed by atoms with E-state index in [2.05, 4.69) is 11.8 Å². The summed E-state index contributed by atoms with van der Waals surface area (Å²) in [5.41, 5.74) is 0.199. The molecule has 1 aliphatic heterocycles. The van der Waals surface area contributed by atoms with Crippen LogP contribution in [0.2, 0.25) is 0 Å². The quantitative estimate of drug-likeness (QED) is 0.739. The predicted molar refractivity (Wildman–Crippen MR) is 111 cm³/mol. The fourth-order valence-electron chi connectivity index (χ4n) is 4.19. The van der Waals surface area contributed by atoms with Crippen molar-refractivity contribution in [3.8, 4) is 11.8 Å². The molecular formula is C22H29NO4S. The number of amides is 1. The van der Waals surface area contributed by atoms with Gasteiger partial charge in [-0.25, -0.2) is 4.79 Å². The fraction of sp³-hybridized carbons (Fsp3) is 0.636. The Kier molecular flexibility index (Phi) is 6.16. The van der Waals surface area contributed by atoms with E-state index in [0.717, 1.165) is 37.0 Å². The van der Waals surface area contributed by atoms with Gasteiger partial charge in [-0.05, 0) is 58.4 Å². The molecule has 1 amide bonds. The lowest BCUT2D eigenvalue weighted by molar-refractivity contribution is -0.129. The number of rotatable bonds is 3. The van der Waals surface area contributed by atoms with Gasteiger partial charge in [0.2, 0.25) is 0 Å². The van der Waals surface area contributed by atoms with Crippen molar-refractivity contribution in [2.24, 2.45) is 11.3 Å². The van der Waals surface area contributed by atoms with Crippen LogP contribution in [0.4, 0.5) is 5.69 Å². The van der Waals surface area contributed by atoms with Gasteiger partial charge in [0.15, 0.2) is 0 Å². The molecule has 1 aromatic rings. The molecule has 2 heterocycles. The molecule has 2 fully saturated rings. The van der Waals surface area contributed by atoms with Crippen molar-refractivity contribution >= 4 is 28.9 Å². The Morgan fingerprint density at radius 2 is 1.86 bits per heavy atom. The predicted octanol–water partition coefficient (Wildman–Crippen LogP) is 4.28. The maximum atomic E-state index is 12.9.